The van der Waals surface area contributed by atoms with E-state index in [1.807, 2.05) is 11.3 Å². The highest BCUT2D eigenvalue weighted by Crippen LogP contribution is 2.50. The van der Waals surface area contributed by atoms with Gasteiger partial charge in [0.15, 0.2) is 0 Å². The number of rotatable bonds is 6. The van der Waals surface area contributed by atoms with Crippen molar-refractivity contribution in [1.82, 2.24) is 0 Å². The molecule has 0 saturated carbocycles. The predicted molar refractivity (Wildman–Crippen MR) is 245 cm³/mol. The Morgan fingerprint density at radius 2 is 0.860 bits per heavy atom. The van der Waals surface area contributed by atoms with E-state index in [0.29, 0.717) is 0 Å². The topological polar surface area (TPSA) is 3.24 Å². The van der Waals surface area contributed by atoms with Crippen molar-refractivity contribution in [3.8, 4) is 44.5 Å². The van der Waals surface area contributed by atoms with E-state index in [9.17, 15) is 0 Å². The number of benzene rings is 9. The Morgan fingerprint density at radius 1 is 0.351 bits per heavy atom. The minimum atomic E-state index is -0.0354. The van der Waals surface area contributed by atoms with Gasteiger partial charge in [-0.05, 0) is 116 Å². The van der Waals surface area contributed by atoms with Gasteiger partial charge >= 0.3 is 0 Å². The van der Waals surface area contributed by atoms with Gasteiger partial charge in [0.1, 0.15) is 0 Å². The van der Waals surface area contributed by atoms with Gasteiger partial charge < -0.3 is 4.90 Å². The molecule has 1 aromatic heterocycles. The standard InChI is InChI=1S/C55H39NS/c1-55(2)51-18-10-8-15-45(51)46-33-26-40(34-52(46)55)38-22-29-42(30-23-38)56(41-27-20-37(21-28-41)36-12-4-3-5-13-36)43-31-24-39(25-32-43)49-35-50-47-16-9-11-19-53(47)57-54(50)48-17-7-6-14-44(48)49/h3-35H,1-2H3. The van der Waals surface area contributed by atoms with Crippen LogP contribution >= 0.6 is 11.3 Å². The Kier molecular flexibility index (Phi) is 7.77. The second-order valence-electron chi connectivity index (χ2n) is 15.7. The maximum absolute atomic E-state index is 2.41. The molecule has 270 valence electrons. The fourth-order valence-electron chi connectivity index (χ4n) is 9.14. The highest BCUT2D eigenvalue weighted by atomic mass is 32.1. The van der Waals surface area contributed by atoms with Crippen LogP contribution < -0.4 is 4.90 Å². The first-order chi connectivity index (χ1) is 28.0. The minimum Gasteiger partial charge on any atom is -0.311 e. The molecule has 9 aromatic carbocycles. The van der Waals surface area contributed by atoms with Crippen molar-refractivity contribution in [1.29, 1.82) is 0 Å². The normalized spacial score (nSPS) is 12.9. The van der Waals surface area contributed by atoms with Crippen molar-refractivity contribution < 1.29 is 0 Å². The van der Waals surface area contributed by atoms with E-state index in [-0.39, 0.29) is 5.41 Å². The number of hydrogen-bond donors (Lipinski definition) is 0. The lowest BCUT2D eigenvalue weighted by atomic mass is 9.81. The Labute approximate surface area is 337 Å². The fraction of sp³-hybridized carbons (Fsp3) is 0.0545. The van der Waals surface area contributed by atoms with Crippen LogP contribution in [0.25, 0.3) is 75.5 Å². The summed E-state index contributed by atoms with van der Waals surface area (Å²) in [7, 11) is 0. The zero-order valence-corrected chi connectivity index (χ0v) is 32.7. The number of hydrogen-bond acceptors (Lipinski definition) is 2. The molecule has 57 heavy (non-hydrogen) atoms. The van der Waals surface area contributed by atoms with Gasteiger partial charge in [-0.15, -0.1) is 11.3 Å². The van der Waals surface area contributed by atoms with Gasteiger partial charge in [-0.2, -0.15) is 0 Å². The SMILES string of the molecule is CC1(C)c2ccccc2-c2ccc(-c3ccc(N(c4ccc(-c5ccccc5)cc4)c4ccc(-c5cc6c7ccccc7sc6c6ccccc56)cc4)cc3)cc21. The molecule has 0 amide bonds. The largest absolute Gasteiger partial charge is 0.311 e. The summed E-state index contributed by atoms with van der Waals surface area (Å²) in [6.45, 7) is 4.70. The maximum atomic E-state index is 2.41. The van der Waals surface area contributed by atoms with E-state index in [2.05, 4.69) is 219 Å². The summed E-state index contributed by atoms with van der Waals surface area (Å²) in [5.41, 5.74) is 16.2. The molecule has 0 unspecified atom stereocenters. The lowest BCUT2D eigenvalue weighted by Gasteiger charge is -2.26. The van der Waals surface area contributed by atoms with Crippen molar-refractivity contribution in [3.63, 3.8) is 0 Å². The van der Waals surface area contributed by atoms with Crippen molar-refractivity contribution >= 4 is 59.3 Å². The second-order valence-corrected chi connectivity index (χ2v) is 16.8. The van der Waals surface area contributed by atoms with E-state index in [4.69, 9.17) is 0 Å². The molecule has 10 aromatic rings. The van der Waals surface area contributed by atoms with E-state index in [1.54, 1.807) is 0 Å². The van der Waals surface area contributed by atoms with E-state index in [1.165, 1.54) is 86.6 Å². The van der Waals surface area contributed by atoms with Crippen LogP contribution in [0.15, 0.2) is 200 Å². The van der Waals surface area contributed by atoms with Crippen LogP contribution in [0.5, 0.6) is 0 Å². The Morgan fingerprint density at radius 3 is 1.56 bits per heavy atom. The van der Waals surface area contributed by atoms with E-state index >= 15 is 0 Å². The van der Waals surface area contributed by atoms with Gasteiger partial charge in [0, 0.05) is 48.0 Å². The first-order valence-electron chi connectivity index (χ1n) is 19.8. The molecule has 0 atom stereocenters. The zero-order chi connectivity index (χ0) is 38.1. The van der Waals surface area contributed by atoms with Crippen molar-refractivity contribution in [2.75, 3.05) is 4.90 Å². The molecule has 0 radical (unpaired) electrons. The van der Waals surface area contributed by atoms with E-state index < -0.39 is 0 Å². The molecule has 0 fully saturated rings. The van der Waals surface area contributed by atoms with Crippen molar-refractivity contribution in [3.05, 3.63) is 211 Å². The quantitative estimate of drug-likeness (QED) is 0.164. The maximum Gasteiger partial charge on any atom is 0.0462 e. The Bertz CT molecular complexity index is 3120. The van der Waals surface area contributed by atoms with Crippen LogP contribution in [0, 0.1) is 0 Å². The van der Waals surface area contributed by atoms with Crippen LogP contribution in [0.1, 0.15) is 25.0 Å². The van der Waals surface area contributed by atoms with E-state index in [0.717, 1.165) is 17.1 Å². The van der Waals surface area contributed by atoms with Gasteiger partial charge in [-0.25, -0.2) is 0 Å². The summed E-state index contributed by atoms with van der Waals surface area (Å²) in [4.78, 5) is 2.37. The van der Waals surface area contributed by atoms with Gasteiger partial charge in [-0.1, -0.05) is 159 Å². The average molecular weight is 746 g/mol. The molecule has 0 saturated heterocycles. The monoisotopic (exact) mass is 745 g/mol. The lowest BCUT2D eigenvalue weighted by Crippen LogP contribution is -2.14. The third-order valence-corrected chi connectivity index (χ3v) is 13.3. The summed E-state index contributed by atoms with van der Waals surface area (Å²) in [6.07, 6.45) is 0. The average Bonchev–Trinajstić information content (AvgIpc) is 3.76. The van der Waals surface area contributed by atoms with Gasteiger partial charge in [0.25, 0.3) is 0 Å². The summed E-state index contributed by atoms with van der Waals surface area (Å²) in [6, 6.07) is 73.7. The van der Waals surface area contributed by atoms with Crippen LogP contribution in [-0.2, 0) is 5.41 Å². The summed E-state index contributed by atoms with van der Waals surface area (Å²) in [5, 5.41) is 5.24. The molecule has 0 N–H and O–H groups in total. The summed E-state index contributed by atoms with van der Waals surface area (Å²) in [5.74, 6) is 0. The molecule has 2 heteroatoms. The summed E-state index contributed by atoms with van der Waals surface area (Å²) >= 11 is 1.89. The molecule has 1 aliphatic rings. The van der Waals surface area contributed by atoms with Crippen LogP contribution in [0.4, 0.5) is 17.1 Å². The molecule has 11 rings (SSSR count). The van der Waals surface area contributed by atoms with Gasteiger partial charge in [0.2, 0.25) is 0 Å². The highest BCUT2D eigenvalue weighted by molar-refractivity contribution is 7.26. The molecule has 1 nitrogen and oxygen atoms in total. The van der Waals surface area contributed by atoms with Crippen LogP contribution in [0.2, 0.25) is 0 Å². The zero-order valence-electron chi connectivity index (χ0n) is 31.9. The molecular weight excluding hydrogens is 707 g/mol. The first-order valence-corrected chi connectivity index (χ1v) is 20.6. The molecule has 0 spiro atoms. The second kappa shape index (κ2) is 13.2. The fourth-order valence-corrected chi connectivity index (χ4v) is 10.4. The third-order valence-electron chi connectivity index (χ3n) is 12.1. The van der Waals surface area contributed by atoms with Crippen molar-refractivity contribution in [2.45, 2.75) is 19.3 Å². The van der Waals surface area contributed by atoms with Crippen LogP contribution in [0.3, 0.4) is 0 Å². The Balaban J connectivity index is 0.992. The Hall–Kier alpha value is -6.74. The van der Waals surface area contributed by atoms with Gasteiger partial charge in [-0.3, -0.25) is 0 Å². The number of anilines is 3. The number of nitrogens with zero attached hydrogens (tertiary/aromatic N) is 1. The molecule has 0 aliphatic heterocycles. The predicted octanol–water partition coefficient (Wildman–Crippen LogP) is 16.0. The molecule has 1 heterocycles. The molecule has 0 bridgehead atoms. The summed E-state index contributed by atoms with van der Waals surface area (Å²) < 4.78 is 2.69. The first kappa shape index (κ1) is 33.6. The smallest absolute Gasteiger partial charge is 0.0462 e. The number of fused-ring (bicyclic) bond motifs is 8. The molecular formula is C55H39NS. The van der Waals surface area contributed by atoms with Crippen molar-refractivity contribution in [2.24, 2.45) is 0 Å². The third kappa shape index (κ3) is 5.51. The van der Waals surface area contributed by atoms with Gasteiger partial charge in [0.05, 0.1) is 0 Å². The highest BCUT2D eigenvalue weighted by Gasteiger charge is 2.35. The molecule has 1 aliphatic carbocycles. The number of thiophene rings is 1. The lowest BCUT2D eigenvalue weighted by molar-refractivity contribution is 0.660. The van der Waals surface area contributed by atoms with Crippen LogP contribution in [-0.4, -0.2) is 0 Å². The minimum absolute atomic E-state index is 0.0354.